The monoisotopic (exact) mass is 540 g/mol. The van der Waals surface area contributed by atoms with E-state index < -0.39 is 27.4 Å². The van der Waals surface area contributed by atoms with E-state index in [1.165, 1.54) is 48.7 Å². The molecule has 3 aromatic carbocycles. The second-order valence-corrected chi connectivity index (χ2v) is 9.74. The van der Waals surface area contributed by atoms with Crippen LogP contribution in [0.1, 0.15) is 25.8 Å². The van der Waals surface area contributed by atoms with Gasteiger partial charge < -0.3 is 9.47 Å². The first-order valence-corrected chi connectivity index (χ1v) is 13.2. The lowest BCUT2D eigenvalue weighted by Gasteiger charge is -2.23. The molecule has 11 nitrogen and oxygen atoms in total. The van der Waals surface area contributed by atoms with Crippen molar-refractivity contribution in [1.29, 1.82) is 0 Å². The van der Waals surface area contributed by atoms with E-state index in [9.17, 15) is 23.3 Å². The second kappa shape index (κ2) is 13.2. The van der Waals surface area contributed by atoms with Gasteiger partial charge in [0.2, 0.25) is 0 Å². The molecule has 0 fully saturated rings. The van der Waals surface area contributed by atoms with Gasteiger partial charge in [-0.3, -0.25) is 19.2 Å². The summed E-state index contributed by atoms with van der Waals surface area (Å²) in [7, 11) is -4.23. The third-order valence-corrected chi connectivity index (χ3v) is 6.87. The molecule has 0 bridgehead atoms. The first-order valence-electron chi connectivity index (χ1n) is 11.8. The molecule has 0 aliphatic heterocycles. The van der Waals surface area contributed by atoms with E-state index in [1.54, 1.807) is 24.3 Å². The molecule has 0 heterocycles. The van der Waals surface area contributed by atoms with Crippen LogP contribution in [-0.2, 0) is 14.8 Å². The molecule has 0 atom stereocenters. The Balaban J connectivity index is 1.81. The van der Waals surface area contributed by atoms with Crippen LogP contribution in [0, 0.1) is 10.1 Å². The minimum Gasteiger partial charge on any atom is -0.490 e. The molecule has 200 valence electrons. The van der Waals surface area contributed by atoms with E-state index in [1.807, 2.05) is 13.8 Å². The number of rotatable bonds is 13. The lowest BCUT2D eigenvalue weighted by molar-refractivity contribution is -0.384. The highest BCUT2D eigenvalue weighted by Crippen LogP contribution is 2.29. The molecule has 1 N–H and O–H groups in total. The molecular weight excluding hydrogens is 512 g/mol. The maximum atomic E-state index is 13.4. The maximum Gasteiger partial charge on any atom is 0.271 e. The number of nitro benzene ring substituents is 1. The number of nitrogens with one attached hydrogen (secondary N) is 1. The number of hydrogen-bond acceptors (Lipinski definition) is 8. The van der Waals surface area contributed by atoms with E-state index in [2.05, 4.69) is 10.5 Å². The fraction of sp³-hybridized carbons (Fsp3) is 0.231. The number of amides is 1. The SMILES string of the molecule is CCCOc1ccc(/C=N\NC(=O)CN(c2cccc([N+](=O)[O-])c2)S(=O)(=O)c2ccccc2)cc1OCC. The molecule has 0 saturated heterocycles. The van der Waals surface area contributed by atoms with Crippen LogP contribution in [0.15, 0.2) is 82.8 Å². The zero-order valence-corrected chi connectivity index (χ0v) is 21.8. The molecule has 0 saturated carbocycles. The van der Waals surface area contributed by atoms with Gasteiger partial charge in [-0.1, -0.05) is 31.2 Å². The van der Waals surface area contributed by atoms with Crippen LogP contribution in [-0.4, -0.2) is 45.2 Å². The van der Waals surface area contributed by atoms with Gasteiger partial charge in [0.1, 0.15) is 6.54 Å². The number of hydrazone groups is 1. The van der Waals surface area contributed by atoms with Gasteiger partial charge in [-0.15, -0.1) is 0 Å². The van der Waals surface area contributed by atoms with Crippen LogP contribution in [0.4, 0.5) is 11.4 Å². The Labute approximate surface area is 220 Å². The van der Waals surface area contributed by atoms with Gasteiger partial charge in [0.15, 0.2) is 11.5 Å². The Bertz CT molecular complexity index is 1400. The van der Waals surface area contributed by atoms with Crippen molar-refractivity contribution in [3.63, 3.8) is 0 Å². The number of nitro groups is 1. The Hall–Kier alpha value is -4.45. The quantitative estimate of drug-likeness (QED) is 0.195. The van der Waals surface area contributed by atoms with Crippen LogP contribution < -0.4 is 19.2 Å². The van der Waals surface area contributed by atoms with Crippen LogP contribution >= 0.6 is 0 Å². The van der Waals surface area contributed by atoms with Crippen LogP contribution in [0.3, 0.4) is 0 Å². The molecule has 0 spiro atoms. The van der Waals surface area contributed by atoms with Gasteiger partial charge in [0.05, 0.1) is 34.9 Å². The van der Waals surface area contributed by atoms with E-state index in [0.29, 0.717) is 30.3 Å². The second-order valence-electron chi connectivity index (χ2n) is 7.88. The summed E-state index contributed by atoms with van der Waals surface area (Å²) in [5, 5.41) is 15.2. The zero-order chi connectivity index (χ0) is 27.5. The summed E-state index contributed by atoms with van der Waals surface area (Å²) in [5.74, 6) is 0.371. The number of anilines is 1. The van der Waals surface area contributed by atoms with Gasteiger partial charge in [0.25, 0.3) is 21.6 Å². The average Bonchev–Trinajstić information content (AvgIpc) is 2.92. The number of carbonyl (C=O) groups excluding carboxylic acids is 1. The van der Waals surface area contributed by atoms with Crippen molar-refractivity contribution < 1.29 is 27.6 Å². The predicted molar refractivity (Wildman–Crippen MR) is 143 cm³/mol. The molecule has 1 amide bonds. The largest absolute Gasteiger partial charge is 0.490 e. The van der Waals surface area contributed by atoms with Gasteiger partial charge in [-0.25, -0.2) is 13.8 Å². The van der Waals surface area contributed by atoms with Crippen molar-refractivity contribution in [3.05, 3.63) is 88.5 Å². The maximum absolute atomic E-state index is 13.4. The highest BCUT2D eigenvalue weighted by molar-refractivity contribution is 7.92. The van der Waals surface area contributed by atoms with Crippen LogP contribution in [0.5, 0.6) is 11.5 Å². The minimum absolute atomic E-state index is 0.0359. The normalized spacial score (nSPS) is 11.2. The van der Waals surface area contributed by atoms with Crippen LogP contribution in [0.2, 0.25) is 0 Å². The van der Waals surface area contributed by atoms with Crippen molar-refractivity contribution in [2.45, 2.75) is 25.2 Å². The van der Waals surface area contributed by atoms with Crippen molar-refractivity contribution in [3.8, 4) is 11.5 Å². The molecular formula is C26H28N4O7S. The van der Waals surface area contributed by atoms with E-state index in [0.717, 1.165) is 16.8 Å². The summed E-state index contributed by atoms with van der Waals surface area (Å²) in [6, 6.07) is 17.7. The number of non-ortho nitro benzene ring substituents is 1. The van der Waals surface area contributed by atoms with Gasteiger partial charge in [-0.05, 0) is 55.3 Å². The summed E-state index contributed by atoms with van der Waals surface area (Å²) < 4.78 is 38.8. The summed E-state index contributed by atoms with van der Waals surface area (Å²) in [5.41, 5.74) is 2.58. The number of ether oxygens (including phenoxy) is 2. The summed E-state index contributed by atoms with van der Waals surface area (Å²) >= 11 is 0. The Kier molecular flexibility index (Phi) is 9.77. The van der Waals surface area contributed by atoms with Crippen molar-refractivity contribution in [1.82, 2.24) is 5.43 Å². The molecule has 38 heavy (non-hydrogen) atoms. The fourth-order valence-corrected chi connectivity index (χ4v) is 4.78. The molecule has 0 radical (unpaired) electrons. The lowest BCUT2D eigenvalue weighted by atomic mass is 10.2. The van der Waals surface area contributed by atoms with Crippen molar-refractivity contribution >= 4 is 33.5 Å². The number of carbonyl (C=O) groups is 1. The molecule has 3 aromatic rings. The smallest absolute Gasteiger partial charge is 0.271 e. The van der Waals surface area contributed by atoms with Gasteiger partial charge in [0, 0.05) is 12.1 Å². The van der Waals surface area contributed by atoms with Gasteiger partial charge in [-0.2, -0.15) is 5.10 Å². The first-order chi connectivity index (χ1) is 18.3. The summed E-state index contributed by atoms with van der Waals surface area (Å²) in [4.78, 5) is 23.3. The molecule has 0 aromatic heterocycles. The predicted octanol–water partition coefficient (Wildman–Crippen LogP) is 4.13. The third kappa shape index (κ3) is 7.29. The average molecular weight is 541 g/mol. The standard InChI is InChI=1S/C26H28N4O7S/c1-3-15-37-24-14-13-20(16-25(24)36-4-2)18-27-28-26(31)19-29(21-9-8-10-22(17-21)30(32)33)38(34,35)23-11-6-5-7-12-23/h5-14,16-18H,3-4,15,19H2,1-2H3,(H,28,31)/b27-18-. The molecule has 0 aliphatic rings. The zero-order valence-electron chi connectivity index (χ0n) is 20.9. The van der Waals surface area contributed by atoms with E-state index in [4.69, 9.17) is 9.47 Å². The fourth-order valence-electron chi connectivity index (χ4n) is 3.35. The summed E-state index contributed by atoms with van der Waals surface area (Å²) in [6.45, 7) is 4.15. The number of nitrogens with zero attached hydrogens (tertiary/aromatic N) is 3. The summed E-state index contributed by atoms with van der Waals surface area (Å²) in [6.07, 6.45) is 2.22. The Morgan fingerprint density at radius 2 is 1.79 bits per heavy atom. The third-order valence-electron chi connectivity index (χ3n) is 5.08. The topological polar surface area (TPSA) is 140 Å². The Morgan fingerprint density at radius 1 is 1.03 bits per heavy atom. The lowest BCUT2D eigenvalue weighted by Crippen LogP contribution is -2.39. The highest BCUT2D eigenvalue weighted by Gasteiger charge is 2.28. The van der Waals surface area contributed by atoms with E-state index in [-0.39, 0.29) is 16.3 Å². The van der Waals surface area contributed by atoms with Crippen molar-refractivity contribution in [2.24, 2.45) is 5.10 Å². The molecule has 12 heteroatoms. The Morgan fingerprint density at radius 3 is 2.47 bits per heavy atom. The first kappa shape index (κ1) is 28.1. The molecule has 0 aliphatic carbocycles. The molecule has 3 rings (SSSR count). The highest BCUT2D eigenvalue weighted by atomic mass is 32.2. The van der Waals surface area contributed by atoms with Gasteiger partial charge >= 0.3 is 0 Å². The van der Waals surface area contributed by atoms with Crippen LogP contribution in [0.25, 0.3) is 0 Å². The minimum atomic E-state index is -4.23. The van der Waals surface area contributed by atoms with E-state index >= 15 is 0 Å². The number of hydrogen-bond donors (Lipinski definition) is 1. The van der Waals surface area contributed by atoms with Crippen molar-refractivity contribution in [2.75, 3.05) is 24.1 Å². The number of sulfonamides is 1. The molecule has 0 unspecified atom stereocenters. The number of benzene rings is 3.